The van der Waals surface area contributed by atoms with Crippen LogP contribution in [0.2, 0.25) is 0 Å². The number of anilines is 2. The monoisotopic (exact) mass is 498 g/mol. The predicted molar refractivity (Wildman–Crippen MR) is 134 cm³/mol. The van der Waals surface area contributed by atoms with Crippen molar-refractivity contribution in [3.05, 3.63) is 54.2 Å². The van der Waals surface area contributed by atoms with Crippen LogP contribution in [0, 0.1) is 0 Å². The summed E-state index contributed by atoms with van der Waals surface area (Å²) in [6.07, 6.45) is 2.80. The van der Waals surface area contributed by atoms with Gasteiger partial charge in [-0.25, -0.2) is 8.42 Å². The second-order valence-electron chi connectivity index (χ2n) is 8.70. The first-order valence-corrected chi connectivity index (χ1v) is 13.4. The van der Waals surface area contributed by atoms with Crippen molar-refractivity contribution < 1.29 is 22.7 Å². The highest BCUT2D eigenvalue weighted by Crippen LogP contribution is 2.31. The molecule has 0 unspecified atom stereocenters. The summed E-state index contributed by atoms with van der Waals surface area (Å²) in [7, 11) is -3.69. The third kappa shape index (κ3) is 5.20. The van der Waals surface area contributed by atoms with E-state index in [0.29, 0.717) is 64.7 Å². The largest absolute Gasteiger partial charge is 0.379 e. The topological polar surface area (TPSA) is 104 Å². The highest BCUT2D eigenvalue weighted by atomic mass is 32.2. The maximum atomic E-state index is 13.2. The zero-order chi connectivity index (χ0) is 24.3. The van der Waals surface area contributed by atoms with Crippen molar-refractivity contribution in [1.82, 2.24) is 9.29 Å². The number of benzene rings is 2. The van der Waals surface area contributed by atoms with Crippen molar-refractivity contribution >= 4 is 38.2 Å². The number of nitrogens with one attached hydrogen (secondary N) is 2. The molecule has 2 N–H and O–H groups in total. The van der Waals surface area contributed by atoms with Gasteiger partial charge in [0, 0.05) is 49.7 Å². The maximum Gasteiger partial charge on any atom is 0.243 e. The van der Waals surface area contributed by atoms with E-state index in [1.165, 1.54) is 4.31 Å². The average molecular weight is 499 g/mol. The number of rotatable bonds is 7. The van der Waals surface area contributed by atoms with Gasteiger partial charge in [-0.1, -0.05) is 18.2 Å². The van der Waals surface area contributed by atoms with E-state index >= 15 is 0 Å². The molecule has 0 aliphatic carbocycles. The Morgan fingerprint density at radius 3 is 2.46 bits per heavy atom. The van der Waals surface area contributed by atoms with Crippen LogP contribution in [0.25, 0.3) is 10.9 Å². The molecule has 2 aromatic carbocycles. The normalized spacial score (nSPS) is 17.5. The Morgan fingerprint density at radius 2 is 1.69 bits per heavy atom. The van der Waals surface area contributed by atoms with Crippen molar-refractivity contribution in [3.8, 4) is 0 Å². The van der Waals surface area contributed by atoms with Crippen LogP contribution in [0.5, 0.6) is 0 Å². The van der Waals surface area contributed by atoms with Gasteiger partial charge in [-0.3, -0.25) is 4.79 Å². The molecule has 0 spiro atoms. The number of carbonyl (C=O) groups is 1. The Labute approximate surface area is 205 Å². The summed E-state index contributed by atoms with van der Waals surface area (Å²) in [5.41, 5.74) is 3.42. The highest BCUT2D eigenvalue weighted by molar-refractivity contribution is 7.89. The minimum atomic E-state index is -3.69. The van der Waals surface area contributed by atoms with E-state index in [9.17, 15) is 13.2 Å². The fraction of sp³-hybridized carbons (Fsp3) is 0.400. The lowest BCUT2D eigenvalue weighted by Gasteiger charge is -2.31. The van der Waals surface area contributed by atoms with Crippen molar-refractivity contribution in [2.24, 2.45) is 0 Å². The van der Waals surface area contributed by atoms with Crippen LogP contribution in [0.1, 0.15) is 12.0 Å². The molecule has 10 heteroatoms. The second-order valence-corrected chi connectivity index (χ2v) is 10.6. The van der Waals surface area contributed by atoms with Crippen LogP contribution >= 0.6 is 0 Å². The molecule has 1 aromatic heterocycles. The Hall–Kier alpha value is -2.92. The summed E-state index contributed by atoms with van der Waals surface area (Å²) in [6.45, 7) is 3.91. The van der Waals surface area contributed by atoms with Crippen LogP contribution < -0.4 is 10.2 Å². The number of aryl methyl sites for hydroxylation is 1. The smallest absolute Gasteiger partial charge is 0.243 e. The molecule has 0 radical (unpaired) electrons. The Kier molecular flexibility index (Phi) is 7.05. The summed E-state index contributed by atoms with van der Waals surface area (Å²) in [4.78, 5) is 18.5. The first kappa shape index (κ1) is 23.8. The van der Waals surface area contributed by atoms with Crippen LogP contribution in [0.4, 0.5) is 11.4 Å². The number of aromatic nitrogens is 1. The number of nitrogens with zero attached hydrogens (tertiary/aromatic N) is 2. The number of fused-ring (bicyclic) bond motifs is 1. The third-order valence-electron chi connectivity index (χ3n) is 6.50. The van der Waals surface area contributed by atoms with Gasteiger partial charge in [0.2, 0.25) is 15.9 Å². The number of hydrogen-bond acceptors (Lipinski definition) is 6. The lowest BCUT2D eigenvalue weighted by molar-refractivity contribution is -0.116. The number of carbonyl (C=O) groups excluding carboxylic acids is 1. The number of ether oxygens (including phenoxy) is 2. The molecule has 35 heavy (non-hydrogen) atoms. The van der Waals surface area contributed by atoms with Gasteiger partial charge in [-0.2, -0.15) is 4.31 Å². The van der Waals surface area contributed by atoms with E-state index in [4.69, 9.17) is 9.47 Å². The number of H-pyrrole nitrogens is 1. The summed E-state index contributed by atoms with van der Waals surface area (Å²) in [5, 5.41) is 4.10. The Balaban J connectivity index is 1.37. The molecule has 186 valence electrons. The van der Waals surface area contributed by atoms with Gasteiger partial charge in [0.15, 0.2) is 0 Å². The molecular formula is C25H30N4O5S. The van der Waals surface area contributed by atoms with E-state index in [1.807, 2.05) is 30.5 Å². The molecule has 2 saturated heterocycles. The van der Waals surface area contributed by atoms with E-state index in [2.05, 4.69) is 15.2 Å². The lowest BCUT2D eigenvalue weighted by Crippen LogP contribution is -2.40. The zero-order valence-corrected chi connectivity index (χ0v) is 20.4. The molecule has 2 aliphatic rings. The van der Waals surface area contributed by atoms with Gasteiger partial charge in [0.1, 0.15) is 0 Å². The minimum Gasteiger partial charge on any atom is -0.379 e. The molecule has 0 bridgehead atoms. The number of para-hydroxylation sites is 1. The molecule has 3 heterocycles. The summed E-state index contributed by atoms with van der Waals surface area (Å²) >= 11 is 0. The molecule has 0 saturated carbocycles. The van der Waals surface area contributed by atoms with E-state index in [1.54, 1.807) is 18.2 Å². The van der Waals surface area contributed by atoms with Crippen molar-refractivity contribution in [1.29, 1.82) is 0 Å². The molecule has 5 rings (SSSR count). The van der Waals surface area contributed by atoms with Gasteiger partial charge in [0.05, 0.1) is 42.7 Å². The predicted octanol–water partition coefficient (Wildman–Crippen LogP) is 2.60. The average Bonchev–Trinajstić information content (AvgIpc) is 3.31. The third-order valence-corrected chi connectivity index (χ3v) is 8.39. The minimum absolute atomic E-state index is 0.161. The van der Waals surface area contributed by atoms with Gasteiger partial charge >= 0.3 is 0 Å². The Bertz CT molecular complexity index is 1290. The molecule has 2 fully saturated rings. The number of amides is 1. The highest BCUT2D eigenvalue weighted by Gasteiger charge is 2.28. The fourth-order valence-corrected chi connectivity index (χ4v) is 6.03. The lowest BCUT2D eigenvalue weighted by atomic mass is 10.1. The molecule has 2 aliphatic heterocycles. The number of aromatic amines is 1. The molecular weight excluding hydrogens is 468 g/mol. The van der Waals surface area contributed by atoms with Gasteiger partial charge in [0.25, 0.3) is 0 Å². The first-order chi connectivity index (χ1) is 17.0. The van der Waals surface area contributed by atoms with Gasteiger partial charge < -0.3 is 24.7 Å². The van der Waals surface area contributed by atoms with Crippen molar-refractivity contribution in [2.75, 3.05) is 62.8 Å². The fourth-order valence-electron chi connectivity index (χ4n) is 4.59. The number of sulfonamides is 1. The van der Waals surface area contributed by atoms with Gasteiger partial charge in [-0.05, 0) is 36.2 Å². The standard InChI is InChI=1S/C25H30N4O5S/c30-25(8-5-19-18-26-22-4-2-1-3-21(19)22)27-23-17-20(35(31,32)29-11-15-34-16-12-29)6-7-24(23)28-9-13-33-14-10-28/h1-4,6-7,17-18,26H,5,8-16H2,(H,27,30). The van der Waals surface area contributed by atoms with E-state index in [-0.39, 0.29) is 17.2 Å². The molecule has 9 nitrogen and oxygen atoms in total. The van der Waals surface area contributed by atoms with E-state index in [0.717, 1.165) is 22.2 Å². The summed E-state index contributed by atoms with van der Waals surface area (Å²) in [6, 6.07) is 13.0. The maximum absolute atomic E-state index is 13.2. The molecule has 3 aromatic rings. The van der Waals surface area contributed by atoms with Gasteiger partial charge in [-0.15, -0.1) is 0 Å². The molecule has 1 amide bonds. The second kappa shape index (κ2) is 10.4. The van der Waals surface area contributed by atoms with Crippen LogP contribution in [-0.2, 0) is 30.7 Å². The molecule has 0 atom stereocenters. The first-order valence-electron chi connectivity index (χ1n) is 11.9. The van der Waals surface area contributed by atoms with Crippen molar-refractivity contribution in [3.63, 3.8) is 0 Å². The Morgan fingerprint density at radius 1 is 0.971 bits per heavy atom. The summed E-state index contributed by atoms with van der Waals surface area (Å²) in [5.74, 6) is -0.161. The van der Waals surface area contributed by atoms with Crippen LogP contribution in [-0.4, -0.2) is 76.2 Å². The van der Waals surface area contributed by atoms with Crippen molar-refractivity contribution in [2.45, 2.75) is 17.7 Å². The van der Waals surface area contributed by atoms with Crippen LogP contribution in [0.3, 0.4) is 0 Å². The SMILES string of the molecule is O=C(CCc1c[nH]c2ccccc12)Nc1cc(S(=O)(=O)N2CCOCC2)ccc1N1CCOCC1. The summed E-state index contributed by atoms with van der Waals surface area (Å²) < 4.78 is 38.7. The van der Waals surface area contributed by atoms with E-state index < -0.39 is 10.0 Å². The zero-order valence-electron chi connectivity index (χ0n) is 19.5. The number of morpholine rings is 2. The van der Waals surface area contributed by atoms with Crippen LogP contribution in [0.15, 0.2) is 53.6 Å². The number of hydrogen-bond donors (Lipinski definition) is 2. The quantitative estimate of drug-likeness (QED) is 0.519.